The topological polar surface area (TPSA) is 77.0 Å². The second kappa shape index (κ2) is 11.6. The molecule has 1 atom stereocenters. The number of hydrogen-bond acceptors (Lipinski definition) is 3. The lowest BCUT2D eigenvalue weighted by atomic mass is 10.1. The predicted molar refractivity (Wildman–Crippen MR) is 121 cm³/mol. The highest BCUT2D eigenvalue weighted by Crippen LogP contribution is 2.13. The summed E-state index contributed by atoms with van der Waals surface area (Å²) in [6.07, 6.45) is 0.922. The Morgan fingerprint density at radius 2 is 1.83 bits per heavy atom. The van der Waals surface area contributed by atoms with E-state index in [-0.39, 0.29) is 23.8 Å². The Labute approximate surface area is 180 Å². The number of amides is 2. The summed E-state index contributed by atoms with van der Waals surface area (Å²) in [7, 11) is 0. The molecular formula is C23H37N5O2. The van der Waals surface area contributed by atoms with Gasteiger partial charge in [-0.25, -0.2) is 4.99 Å². The zero-order chi connectivity index (χ0) is 22.1. The molecule has 0 aromatic heterocycles. The third kappa shape index (κ3) is 6.47. The van der Waals surface area contributed by atoms with Crippen LogP contribution in [0.5, 0.6) is 0 Å². The van der Waals surface area contributed by atoms with E-state index in [0.717, 1.165) is 31.0 Å². The van der Waals surface area contributed by atoms with Crippen molar-refractivity contribution in [2.75, 3.05) is 32.7 Å². The first-order valence-electron chi connectivity index (χ1n) is 11.1. The molecule has 1 saturated heterocycles. The van der Waals surface area contributed by atoms with Crippen molar-refractivity contribution in [3.63, 3.8) is 0 Å². The van der Waals surface area contributed by atoms with E-state index in [0.29, 0.717) is 31.7 Å². The average molecular weight is 416 g/mol. The number of hydrogen-bond donors (Lipinski definition) is 2. The monoisotopic (exact) mass is 415 g/mol. The molecule has 1 aromatic carbocycles. The first-order chi connectivity index (χ1) is 14.4. The van der Waals surface area contributed by atoms with Crippen molar-refractivity contribution in [2.45, 2.75) is 53.6 Å². The fourth-order valence-corrected chi connectivity index (χ4v) is 3.57. The van der Waals surface area contributed by atoms with Gasteiger partial charge in [-0.05, 0) is 44.9 Å². The molecule has 0 bridgehead atoms. The minimum atomic E-state index is 0.0299. The Balaban J connectivity index is 1.96. The minimum Gasteiger partial charge on any atom is -0.357 e. The summed E-state index contributed by atoms with van der Waals surface area (Å²) in [5, 5.41) is 6.74. The van der Waals surface area contributed by atoms with E-state index in [4.69, 9.17) is 0 Å². The molecule has 1 aromatic rings. The first kappa shape index (κ1) is 23.7. The molecule has 1 unspecified atom stereocenters. The van der Waals surface area contributed by atoms with Crippen molar-refractivity contribution in [3.05, 3.63) is 35.4 Å². The van der Waals surface area contributed by atoms with Crippen molar-refractivity contribution in [1.82, 2.24) is 20.4 Å². The van der Waals surface area contributed by atoms with Crippen LogP contribution in [0.3, 0.4) is 0 Å². The predicted octanol–water partition coefficient (Wildman–Crippen LogP) is 2.48. The third-order valence-corrected chi connectivity index (χ3v) is 5.35. The van der Waals surface area contributed by atoms with Crippen LogP contribution in [-0.4, -0.2) is 66.3 Å². The molecule has 1 aliphatic heterocycles. The number of nitrogens with one attached hydrogen (secondary N) is 2. The van der Waals surface area contributed by atoms with Crippen molar-refractivity contribution < 1.29 is 9.59 Å². The van der Waals surface area contributed by atoms with E-state index in [1.807, 2.05) is 68.7 Å². The third-order valence-electron chi connectivity index (χ3n) is 5.35. The van der Waals surface area contributed by atoms with Crippen LogP contribution >= 0.6 is 0 Å². The first-order valence-corrected chi connectivity index (χ1v) is 11.1. The van der Waals surface area contributed by atoms with Gasteiger partial charge < -0.3 is 20.4 Å². The number of carbonyl (C=O) groups excluding carboxylic acids is 2. The van der Waals surface area contributed by atoms with Crippen molar-refractivity contribution in [3.8, 4) is 0 Å². The zero-order valence-corrected chi connectivity index (χ0v) is 19.1. The summed E-state index contributed by atoms with van der Waals surface area (Å²) < 4.78 is 0. The lowest BCUT2D eigenvalue weighted by Gasteiger charge is -2.20. The fourth-order valence-electron chi connectivity index (χ4n) is 3.57. The van der Waals surface area contributed by atoms with Crippen molar-refractivity contribution in [2.24, 2.45) is 10.9 Å². The van der Waals surface area contributed by atoms with Gasteiger partial charge in [0.1, 0.15) is 0 Å². The lowest BCUT2D eigenvalue weighted by Crippen LogP contribution is -2.45. The molecule has 0 saturated carbocycles. The summed E-state index contributed by atoms with van der Waals surface area (Å²) >= 11 is 0. The molecule has 1 aliphatic rings. The highest BCUT2D eigenvalue weighted by molar-refractivity contribution is 5.94. The highest BCUT2D eigenvalue weighted by Gasteiger charge is 2.27. The van der Waals surface area contributed by atoms with Gasteiger partial charge in [-0.2, -0.15) is 0 Å². The van der Waals surface area contributed by atoms with Gasteiger partial charge in [-0.3, -0.25) is 9.59 Å². The van der Waals surface area contributed by atoms with E-state index in [9.17, 15) is 9.59 Å². The molecule has 1 heterocycles. The van der Waals surface area contributed by atoms with Gasteiger partial charge in [0.2, 0.25) is 5.91 Å². The molecular weight excluding hydrogens is 378 g/mol. The molecule has 1 fully saturated rings. The molecule has 2 amide bonds. The Morgan fingerprint density at radius 1 is 1.17 bits per heavy atom. The second-order valence-electron chi connectivity index (χ2n) is 7.94. The van der Waals surface area contributed by atoms with Crippen LogP contribution in [0.1, 0.15) is 57.0 Å². The molecule has 2 N–H and O–H groups in total. The molecule has 166 valence electrons. The van der Waals surface area contributed by atoms with Crippen LogP contribution < -0.4 is 10.6 Å². The van der Waals surface area contributed by atoms with E-state index < -0.39 is 0 Å². The fraction of sp³-hybridized carbons (Fsp3) is 0.609. The van der Waals surface area contributed by atoms with Crippen LogP contribution in [0.15, 0.2) is 29.3 Å². The number of nitrogens with zero attached hydrogens (tertiary/aromatic N) is 3. The van der Waals surface area contributed by atoms with Crippen molar-refractivity contribution in [1.29, 1.82) is 0 Å². The quantitative estimate of drug-likeness (QED) is 0.505. The van der Waals surface area contributed by atoms with E-state index in [2.05, 4.69) is 15.6 Å². The summed E-state index contributed by atoms with van der Waals surface area (Å²) in [4.78, 5) is 33.1. The lowest BCUT2D eigenvalue weighted by molar-refractivity contribution is -0.133. The Kier molecular flexibility index (Phi) is 9.15. The molecule has 2 rings (SSSR count). The zero-order valence-electron chi connectivity index (χ0n) is 19.1. The normalized spacial score (nSPS) is 16.7. The average Bonchev–Trinajstić information content (AvgIpc) is 3.21. The van der Waals surface area contributed by atoms with Crippen LogP contribution in [0.25, 0.3) is 0 Å². The van der Waals surface area contributed by atoms with Gasteiger partial charge in [0.05, 0.1) is 6.54 Å². The Bertz CT molecular complexity index is 726. The minimum absolute atomic E-state index is 0.0299. The van der Waals surface area contributed by atoms with Crippen molar-refractivity contribution >= 4 is 17.8 Å². The maximum atomic E-state index is 12.4. The molecule has 7 heteroatoms. The molecule has 0 spiro atoms. The smallest absolute Gasteiger partial charge is 0.253 e. The van der Waals surface area contributed by atoms with Crippen LogP contribution in [0.4, 0.5) is 0 Å². The molecule has 7 nitrogen and oxygen atoms in total. The van der Waals surface area contributed by atoms with E-state index in [1.54, 1.807) is 0 Å². The van der Waals surface area contributed by atoms with E-state index >= 15 is 0 Å². The number of guanidine groups is 1. The highest BCUT2D eigenvalue weighted by atomic mass is 16.2. The summed E-state index contributed by atoms with van der Waals surface area (Å²) in [5.74, 6) is 1.05. The van der Waals surface area contributed by atoms with Gasteiger partial charge in [-0.1, -0.05) is 26.0 Å². The van der Waals surface area contributed by atoms with Gasteiger partial charge in [0, 0.05) is 50.2 Å². The largest absolute Gasteiger partial charge is 0.357 e. The van der Waals surface area contributed by atoms with Gasteiger partial charge >= 0.3 is 0 Å². The SMILES string of the molecule is CCNC(=NCc1ccc(C(=O)N(CC)CC)cc1)NC1CCN(C(=O)C(C)C)C1. The van der Waals surface area contributed by atoms with Gasteiger partial charge in [0.25, 0.3) is 5.91 Å². The number of benzene rings is 1. The van der Waals surface area contributed by atoms with Crippen LogP contribution in [0, 0.1) is 5.92 Å². The Morgan fingerprint density at radius 3 is 2.40 bits per heavy atom. The number of likely N-dealkylation sites (tertiary alicyclic amines) is 1. The van der Waals surface area contributed by atoms with Crippen LogP contribution in [-0.2, 0) is 11.3 Å². The summed E-state index contributed by atoms with van der Waals surface area (Å²) in [6, 6.07) is 7.88. The number of carbonyl (C=O) groups is 2. The van der Waals surface area contributed by atoms with Gasteiger partial charge in [-0.15, -0.1) is 0 Å². The number of rotatable bonds is 8. The molecule has 0 aliphatic carbocycles. The Hall–Kier alpha value is -2.57. The summed E-state index contributed by atoms with van der Waals surface area (Å²) in [6.45, 7) is 14.1. The number of aliphatic imine (C=N–C) groups is 1. The summed E-state index contributed by atoms with van der Waals surface area (Å²) in [5.41, 5.74) is 1.75. The standard InChI is InChI=1S/C23H37N5O2/c1-6-24-23(26-20-13-14-28(16-20)21(29)17(4)5)25-15-18-9-11-19(12-10-18)22(30)27(7-2)8-3/h9-12,17,20H,6-8,13-16H2,1-5H3,(H2,24,25,26). The maximum absolute atomic E-state index is 12.4. The maximum Gasteiger partial charge on any atom is 0.253 e. The molecule has 0 radical (unpaired) electrons. The van der Waals surface area contributed by atoms with E-state index in [1.165, 1.54) is 0 Å². The van der Waals surface area contributed by atoms with Gasteiger partial charge in [0.15, 0.2) is 5.96 Å². The molecule has 30 heavy (non-hydrogen) atoms. The van der Waals surface area contributed by atoms with Crippen LogP contribution in [0.2, 0.25) is 0 Å². The second-order valence-corrected chi connectivity index (χ2v) is 7.94.